The van der Waals surface area contributed by atoms with Gasteiger partial charge in [-0.05, 0) is 157 Å². The molecule has 378 valence electrons. The van der Waals surface area contributed by atoms with Crippen molar-refractivity contribution in [2.45, 2.75) is 13.8 Å². The topological polar surface area (TPSA) is 6.48 Å². The number of anilines is 6. The van der Waals surface area contributed by atoms with Gasteiger partial charge in [-0.2, -0.15) is 0 Å². The van der Waals surface area contributed by atoms with Crippen LogP contribution in [0.4, 0.5) is 34.1 Å². The van der Waals surface area contributed by atoms with Gasteiger partial charge >= 0.3 is 0 Å². The van der Waals surface area contributed by atoms with Gasteiger partial charge in [0.1, 0.15) is 0 Å². The maximum absolute atomic E-state index is 2.47. The number of rotatable bonds is 12. The van der Waals surface area contributed by atoms with Crippen molar-refractivity contribution in [3.63, 3.8) is 0 Å². The van der Waals surface area contributed by atoms with Crippen LogP contribution >= 0.6 is 0 Å². The smallest absolute Gasteiger partial charge is 0.0619 e. The Morgan fingerprint density at radius 2 is 0.613 bits per heavy atom. The molecule has 0 amide bonds. The summed E-state index contributed by atoms with van der Waals surface area (Å²) < 4.78 is 0. The van der Waals surface area contributed by atoms with E-state index in [0.29, 0.717) is 0 Å². The number of hydrogen-bond donors (Lipinski definition) is 0. The third-order valence-electron chi connectivity index (χ3n) is 15.9. The van der Waals surface area contributed by atoms with Gasteiger partial charge in [0, 0.05) is 44.3 Å². The molecular formula is C78H56N2. The van der Waals surface area contributed by atoms with Crippen molar-refractivity contribution in [3.8, 4) is 0 Å². The highest BCUT2D eigenvalue weighted by molar-refractivity contribution is 6.41. The van der Waals surface area contributed by atoms with E-state index >= 15 is 0 Å². The average molecular weight is 1020 g/mol. The molecule has 0 heterocycles. The van der Waals surface area contributed by atoms with Crippen LogP contribution in [0.5, 0.6) is 0 Å². The lowest BCUT2D eigenvalue weighted by atomic mass is 9.85. The minimum Gasteiger partial charge on any atom is -0.310 e. The summed E-state index contributed by atoms with van der Waals surface area (Å²) in [5, 5.41) is 12.3. The molecule has 0 aliphatic carbocycles. The van der Waals surface area contributed by atoms with Gasteiger partial charge in [0.05, 0.1) is 11.4 Å². The highest BCUT2D eigenvalue weighted by atomic mass is 15.1. The summed E-state index contributed by atoms with van der Waals surface area (Å²) in [6, 6.07) is 107. The molecule has 2 heteroatoms. The predicted octanol–water partition coefficient (Wildman–Crippen LogP) is 21.6. The second-order valence-electron chi connectivity index (χ2n) is 21.0. The molecular weight excluding hydrogens is 965 g/mol. The first-order valence-electron chi connectivity index (χ1n) is 27.7. The van der Waals surface area contributed by atoms with Crippen LogP contribution in [0.2, 0.25) is 0 Å². The molecule has 0 aliphatic rings. The SMILES string of the molecule is Cc1ccc(/C(=C/c2ccc(N(c3ccccc3)c3ccc4c5cccc6c(N(c7ccccc7)c7ccc(/C=C(\c8ccccc8)c8ccc(C)cc8)cc7)c7ccccc7c(c7cccc3c47)c65)cc2)c2ccccc2)cc1. The van der Waals surface area contributed by atoms with E-state index < -0.39 is 0 Å². The Bertz CT molecular complexity index is 4580. The van der Waals surface area contributed by atoms with Crippen LogP contribution in [0, 0.1) is 13.8 Å². The van der Waals surface area contributed by atoms with E-state index in [-0.39, 0.29) is 0 Å². The van der Waals surface area contributed by atoms with Crippen LogP contribution in [0.25, 0.3) is 77.2 Å². The molecule has 0 bridgehead atoms. The standard InChI is InChI=1S/C78H56N2/c1-53-33-41-59(42-34-53)72(57-19-7-3-8-20-57)51-55-37-45-63(46-38-55)79(61-23-11-5-12-24-61)74-50-49-67-65-29-17-32-71-77(65)76(70-31-18-30-69(74)75(67)70)66-27-15-16-28-68(66)78(71)80(62-25-13-6-14-26-62)64-47-39-56(40-48-64)52-73(58-21-9-4-10-22-58)60-43-35-54(2)36-44-60/h3-52H,1-2H3/b72-51+,73-52+. The zero-order valence-corrected chi connectivity index (χ0v) is 44.8. The van der Waals surface area contributed by atoms with Crippen molar-refractivity contribution in [2.75, 3.05) is 9.80 Å². The van der Waals surface area contributed by atoms with Crippen LogP contribution < -0.4 is 9.80 Å². The van der Waals surface area contributed by atoms with Crippen molar-refractivity contribution in [1.82, 2.24) is 0 Å². The Morgan fingerprint density at radius 3 is 1.15 bits per heavy atom. The fourth-order valence-corrected chi connectivity index (χ4v) is 12.1. The zero-order chi connectivity index (χ0) is 53.5. The molecule has 80 heavy (non-hydrogen) atoms. The molecule has 0 atom stereocenters. The number of benzene rings is 14. The van der Waals surface area contributed by atoms with Crippen molar-refractivity contribution in [2.24, 2.45) is 0 Å². The van der Waals surface area contributed by atoms with E-state index in [1.165, 1.54) is 98.4 Å². The second-order valence-corrected chi connectivity index (χ2v) is 21.0. The number of aryl methyl sites for hydroxylation is 2. The van der Waals surface area contributed by atoms with Gasteiger partial charge in [0.2, 0.25) is 0 Å². The first-order chi connectivity index (χ1) is 39.5. The molecule has 0 aromatic heterocycles. The largest absolute Gasteiger partial charge is 0.310 e. The third-order valence-corrected chi connectivity index (χ3v) is 15.9. The summed E-state index contributed by atoms with van der Waals surface area (Å²) >= 11 is 0. The predicted molar refractivity (Wildman–Crippen MR) is 344 cm³/mol. The van der Waals surface area contributed by atoms with Crippen molar-refractivity contribution >= 4 is 111 Å². The fourth-order valence-electron chi connectivity index (χ4n) is 12.1. The van der Waals surface area contributed by atoms with E-state index in [1.54, 1.807) is 0 Å². The number of hydrogen-bond acceptors (Lipinski definition) is 2. The zero-order valence-electron chi connectivity index (χ0n) is 44.8. The molecule has 0 radical (unpaired) electrons. The van der Waals surface area contributed by atoms with E-state index in [0.717, 1.165) is 45.3 Å². The van der Waals surface area contributed by atoms with Crippen molar-refractivity contribution < 1.29 is 0 Å². The summed E-state index contributed by atoms with van der Waals surface area (Å²) in [7, 11) is 0. The van der Waals surface area contributed by atoms with Crippen LogP contribution in [-0.2, 0) is 0 Å². The van der Waals surface area contributed by atoms with Gasteiger partial charge in [0.25, 0.3) is 0 Å². The molecule has 14 rings (SSSR count). The summed E-state index contributed by atoms with van der Waals surface area (Å²) in [5.74, 6) is 0. The normalized spacial score (nSPS) is 12.0. The number of nitrogens with zero attached hydrogens (tertiary/aromatic N) is 2. The molecule has 0 spiro atoms. The molecule has 14 aromatic rings. The van der Waals surface area contributed by atoms with Crippen LogP contribution in [0.1, 0.15) is 44.5 Å². The Balaban J connectivity index is 0.930. The lowest BCUT2D eigenvalue weighted by Crippen LogP contribution is -2.11. The Morgan fingerprint density at radius 1 is 0.250 bits per heavy atom. The summed E-state index contributed by atoms with van der Waals surface area (Å²) in [6.45, 7) is 4.28. The minimum absolute atomic E-state index is 1.09. The molecule has 14 aromatic carbocycles. The Labute approximate surface area is 468 Å². The molecule has 0 unspecified atom stereocenters. The van der Waals surface area contributed by atoms with Crippen LogP contribution in [0.15, 0.2) is 291 Å². The van der Waals surface area contributed by atoms with E-state index in [4.69, 9.17) is 0 Å². The van der Waals surface area contributed by atoms with Crippen LogP contribution in [-0.4, -0.2) is 0 Å². The van der Waals surface area contributed by atoms with Gasteiger partial charge < -0.3 is 9.80 Å². The van der Waals surface area contributed by atoms with Gasteiger partial charge in [-0.3, -0.25) is 0 Å². The number of para-hydroxylation sites is 2. The highest BCUT2D eigenvalue weighted by Gasteiger charge is 2.25. The minimum atomic E-state index is 1.09. The lowest BCUT2D eigenvalue weighted by molar-refractivity contribution is 1.30. The summed E-state index contributed by atoms with van der Waals surface area (Å²) in [5.41, 5.74) is 18.6. The summed E-state index contributed by atoms with van der Waals surface area (Å²) in [6.07, 6.45) is 4.63. The molecule has 0 fully saturated rings. The molecule has 0 N–H and O–H groups in total. The monoisotopic (exact) mass is 1020 g/mol. The van der Waals surface area contributed by atoms with Crippen molar-refractivity contribution in [3.05, 3.63) is 336 Å². The fraction of sp³-hybridized carbons (Fsp3) is 0.0256. The second kappa shape index (κ2) is 20.6. The quantitative estimate of drug-likeness (QED) is 0.0684. The van der Waals surface area contributed by atoms with Gasteiger partial charge in [-0.1, -0.05) is 248 Å². The van der Waals surface area contributed by atoms with Crippen molar-refractivity contribution in [1.29, 1.82) is 0 Å². The first-order valence-corrected chi connectivity index (χ1v) is 27.7. The molecule has 0 aliphatic heterocycles. The van der Waals surface area contributed by atoms with E-state index in [2.05, 4.69) is 327 Å². The van der Waals surface area contributed by atoms with E-state index in [9.17, 15) is 0 Å². The molecule has 0 saturated carbocycles. The summed E-state index contributed by atoms with van der Waals surface area (Å²) in [4.78, 5) is 4.90. The number of fused-ring (bicyclic) bond motifs is 4. The molecule has 2 nitrogen and oxygen atoms in total. The van der Waals surface area contributed by atoms with Gasteiger partial charge in [-0.15, -0.1) is 0 Å². The molecule has 0 saturated heterocycles. The lowest BCUT2D eigenvalue weighted by Gasteiger charge is -2.30. The maximum Gasteiger partial charge on any atom is 0.0619 e. The first kappa shape index (κ1) is 48.1. The maximum atomic E-state index is 2.47. The average Bonchev–Trinajstić information content (AvgIpc) is 3.71. The van der Waals surface area contributed by atoms with E-state index in [1.807, 2.05) is 0 Å². The highest BCUT2D eigenvalue weighted by Crippen LogP contribution is 2.52. The van der Waals surface area contributed by atoms with Gasteiger partial charge in [0.15, 0.2) is 0 Å². The van der Waals surface area contributed by atoms with Crippen LogP contribution in [0.3, 0.4) is 0 Å². The Kier molecular flexibility index (Phi) is 12.4. The third kappa shape index (κ3) is 8.74. The van der Waals surface area contributed by atoms with Gasteiger partial charge in [-0.25, -0.2) is 0 Å². The Hall–Kier alpha value is -10.3.